The van der Waals surface area contributed by atoms with E-state index in [0.29, 0.717) is 0 Å². The van der Waals surface area contributed by atoms with Gasteiger partial charge in [-0.05, 0) is 129 Å². The van der Waals surface area contributed by atoms with Crippen molar-refractivity contribution in [3.63, 3.8) is 0 Å². The second-order valence-corrected chi connectivity index (χ2v) is 17.1. The molecule has 0 saturated heterocycles. The Labute approximate surface area is 367 Å². The van der Waals surface area contributed by atoms with Gasteiger partial charge in [0.05, 0.1) is 27.5 Å². The average Bonchev–Trinajstić information content (AvgIpc) is 3.98. The highest BCUT2D eigenvalue weighted by atomic mass is 15.0. The van der Waals surface area contributed by atoms with Crippen molar-refractivity contribution in [2.24, 2.45) is 0 Å². The van der Waals surface area contributed by atoms with Gasteiger partial charge in [-0.2, -0.15) is 0 Å². The van der Waals surface area contributed by atoms with Crippen molar-refractivity contribution < 1.29 is 0 Å². The van der Waals surface area contributed by atoms with Crippen LogP contribution >= 0.6 is 0 Å². The fourth-order valence-electron chi connectivity index (χ4n) is 11.1. The summed E-state index contributed by atoms with van der Waals surface area (Å²) in [6, 6.07) is 79.1. The van der Waals surface area contributed by atoms with Gasteiger partial charge in [0.25, 0.3) is 0 Å². The van der Waals surface area contributed by atoms with E-state index in [9.17, 15) is 0 Å². The molecule has 11 aromatic rings. The molecule has 0 fully saturated rings. The van der Waals surface area contributed by atoms with Crippen molar-refractivity contribution in [2.75, 3.05) is 0 Å². The Kier molecular flexibility index (Phi) is 7.98. The van der Waals surface area contributed by atoms with Crippen LogP contribution in [0.5, 0.6) is 0 Å². The lowest BCUT2D eigenvalue weighted by Crippen LogP contribution is -2.28. The van der Waals surface area contributed by atoms with E-state index < -0.39 is 5.41 Å². The number of hydrogen-bond acceptors (Lipinski definition) is 0. The summed E-state index contributed by atoms with van der Waals surface area (Å²) >= 11 is 0. The number of aromatic nitrogens is 2. The summed E-state index contributed by atoms with van der Waals surface area (Å²) < 4.78 is 4.87. The monoisotopic (exact) mass is 802 g/mol. The topological polar surface area (TPSA) is 9.86 Å². The molecule has 2 heteroatoms. The van der Waals surface area contributed by atoms with Gasteiger partial charge in [-0.1, -0.05) is 170 Å². The molecule has 296 valence electrons. The average molecular weight is 803 g/mol. The Balaban J connectivity index is 0.982. The zero-order valence-corrected chi connectivity index (χ0v) is 34.7. The molecule has 0 saturated carbocycles. The highest BCUT2D eigenvalue weighted by molar-refractivity contribution is 6.13. The summed E-state index contributed by atoms with van der Waals surface area (Å²) in [5.41, 5.74) is 19.5. The van der Waals surface area contributed by atoms with Gasteiger partial charge < -0.3 is 9.13 Å². The predicted molar refractivity (Wildman–Crippen MR) is 264 cm³/mol. The summed E-state index contributed by atoms with van der Waals surface area (Å²) in [7, 11) is 0. The molecule has 0 atom stereocenters. The fourth-order valence-corrected chi connectivity index (χ4v) is 11.1. The molecule has 0 amide bonds. The van der Waals surface area contributed by atoms with Gasteiger partial charge in [0.15, 0.2) is 0 Å². The SMILES string of the molecule is C1=CC(c2ccc3c(c2)c2cc(-c4ccc5c6ccccc6n(-c6ccc(C7(c8ccccc8)c8ccccc8-c8ccccc87)cc6)c5c4)ccc2n3-c2ccccc2)=CCC1. The van der Waals surface area contributed by atoms with E-state index in [1.807, 2.05) is 0 Å². The Morgan fingerprint density at radius 1 is 0.349 bits per heavy atom. The molecular weight excluding hydrogens is 761 g/mol. The minimum atomic E-state index is -0.436. The summed E-state index contributed by atoms with van der Waals surface area (Å²) in [6.07, 6.45) is 9.14. The zero-order chi connectivity index (χ0) is 41.5. The van der Waals surface area contributed by atoms with E-state index in [2.05, 4.69) is 240 Å². The normalized spacial score (nSPS) is 14.1. The van der Waals surface area contributed by atoms with Crippen LogP contribution in [0.2, 0.25) is 0 Å². The highest BCUT2D eigenvalue weighted by Crippen LogP contribution is 2.56. The smallest absolute Gasteiger partial charge is 0.0713 e. The largest absolute Gasteiger partial charge is 0.309 e. The highest BCUT2D eigenvalue weighted by Gasteiger charge is 2.45. The van der Waals surface area contributed by atoms with Crippen LogP contribution < -0.4 is 0 Å². The minimum Gasteiger partial charge on any atom is -0.309 e. The first kappa shape index (κ1) is 35.8. The van der Waals surface area contributed by atoms with E-state index >= 15 is 0 Å². The Morgan fingerprint density at radius 2 is 0.873 bits per heavy atom. The zero-order valence-electron chi connectivity index (χ0n) is 34.7. The molecule has 13 rings (SSSR count). The van der Waals surface area contributed by atoms with Crippen molar-refractivity contribution in [1.29, 1.82) is 0 Å². The van der Waals surface area contributed by atoms with E-state index in [1.54, 1.807) is 0 Å². The Bertz CT molecular complexity index is 3610. The number of benzene rings is 9. The van der Waals surface area contributed by atoms with Gasteiger partial charge in [0.2, 0.25) is 0 Å². The van der Waals surface area contributed by atoms with Crippen LogP contribution in [-0.2, 0) is 5.41 Å². The third kappa shape index (κ3) is 5.31. The molecule has 0 N–H and O–H groups in total. The van der Waals surface area contributed by atoms with Gasteiger partial charge in [0.1, 0.15) is 0 Å². The van der Waals surface area contributed by atoms with Gasteiger partial charge in [-0.25, -0.2) is 0 Å². The number of rotatable bonds is 6. The van der Waals surface area contributed by atoms with Crippen molar-refractivity contribution >= 4 is 49.2 Å². The second kappa shape index (κ2) is 14.1. The third-order valence-electron chi connectivity index (χ3n) is 13.8. The summed E-state index contributed by atoms with van der Waals surface area (Å²) in [6.45, 7) is 0. The van der Waals surface area contributed by atoms with E-state index in [4.69, 9.17) is 0 Å². The lowest BCUT2D eigenvalue weighted by molar-refractivity contribution is 0.768. The van der Waals surface area contributed by atoms with Gasteiger partial charge >= 0.3 is 0 Å². The van der Waals surface area contributed by atoms with E-state index in [1.165, 1.54) is 105 Å². The van der Waals surface area contributed by atoms with Gasteiger partial charge in [-0.3, -0.25) is 0 Å². The number of allylic oxidation sites excluding steroid dienone is 4. The molecule has 2 nitrogen and oxygen atoms in total. The van der Waals surface area contributed by atoms with Crippen LogP contribution in [0, 0.1) is 0 Å². The molecule has 0 spiro atoms. The van der Waals surface area contributed by atoms with E-state index in [-0.39, 0.29) is 0 Å². The van der Waals surface area contributed by atoms with Crippen LogP contribution in [0.1, 0.15) is 40.7 Å². The molecule has 0 unspecified atom stereocenters. The molecule has 9 aromatic carbocycles. The summed E-state index contributed by atoms with van der Waals surface area (Å²) in [4.78, 5) is 0. The van der Waals surface area contributed by atoms with E-state index in [0.717, 1.165) is 18.5 Å². The fraction of sp³-hybridized carbons (Fsp3) is 0.0492. The predicted octanol–water partition coefficient (Wildman–Crippen LogP) is 15.6. The molecule has 2 aliphatic rings. The Hall–Kier alpha value is -7.94. The molecule has 63 heavy (non-hydrogen) atoms. The van der Waals surface area contributed by atoms with Crippen molar-refractivity contribution in [3.8, 4) is 33.6 Å². The van der Waals surface area contributed by atoms with Crippen LogP contribution in [-0.4, -0.2) is 9.13 Å². The van der Waals surface area contributed by atoms with Gasteiger partial charge in [0, 0.05) is 32.9 Å². The molecule has 2 heterocycles. The lowest BCUT2D eigenvalue weighted by atomic mass is 9.68. The number of nitrogens with zero attached hydrogens (tertiary/aromatic N) is 2. The van der Waals surface area contributed by atoms with Crippen LogP contribution in [0.25, 0.3) is 82.8 Å². The van der Waals surface area contributed by atoms with Crippen LogP contribution in [0.15, 0.2) is 231 Å². The van der Waals surface area contributed by atoms with Gasteiger partial charge in [-0.15, -0.1) is 0 Å². The van der Waals surface area contributed by atoms with Crippen molar-refractivity contribution in [1.82, 2.24) is 9.13 Å². The first-order valence-electron chi connectivity index (χ1n) is 22.2. The minimum absolute atomic E-state index is 0.436. The number of para-hydroxylation sites is 2. The molecule has 2 aromatic heterocycles. The van der Waals surface area contributed by atoms with Crippen molar-refractivity contribution in [2.45, 2.75) is 18.3 Å². The molecule has 0 bridgehead atoms. The Morgan fingerprint density at radius 3 is 1.59 bits per heavy atom. The maximum Gasteiger partial charge on any atom is 0.0713 e. The number of hydrogen-bond donors (Lipinski definition) is 0. The molecular formula is C61H42N2. The first-order chi connectivity index (χ1) is 31.3. The second-order valence-electron chi connectivity index (χ2n) is 17.1. The molecule has 0 radical (unpaired) electrons. The van der Waals surface area contributed by atoms with Crippen LogP contribution in [0.4, 0.5) is 0 Å². The third-order valence-corrected chi connectivity index (χ3v) is 13.8. The summed E-state index contributed by atoms with van der Waals surface area (Å²) in [5.74, 6) is 0. The number of fused-ring (bicyclic) bond motifs is 9. The maximum atomic E-state index is 2.46. The summed E-state index contributed by atoms with van der Waals surface area (Å²) in [5, 5.41) is 5.02. The molecule has 0 aliphatic heterocycles. The molecule has 2 aliphatic carbocycles. The first-order valence-corrected chi connectivity index (χ1v) is 22.2. The quantitative estimate of drug-likeness (QED) is 0.158. The lowest BCUT2D eigenvalue weighted by Gasteiger charge is -2.34. The van der Waals surface area contributed by atoms with Crippen molar-refractivity contribution in [3.05, 3.63) is 258 Å². The standard InChI is InChI=1S/C61H42N2/c1-4-16-41(17-5-1)42-29-36-58-53(38-42)54-39-43(30-37-59(54)62(58)47-20-8-3-9-21-47)44-28-35-52-51-24-12-15-27-57(51)63(60(52)40-44)48-33-31-46(32-34-48)61(45-18-6-2-7-19-45)55-25-13-10-22-49(55)50-23-11-14-26-56(50)61/h2-4,6-40H,1,5H2. The maximum absolute atomic E-state index is 2.46. The van der Waals surface area contributed by atoms with Crippen LogP contribution in [0.3, 0.4) is 0 Å².